The number of carboxylic acid groups (broad SMARTS) is 1. The van der Waals surface area contributed by atoms with E-state index in [4.69, 9.17) is 11.5 Å². The summed E-state index contributed by atoms with van der Waals surface area (Å²) in [6.45, 7) is 0. The van der Waals surface area contributed by atoms with Crippen LogP contribution in [0.4, 0.5) is 0 Å². The molecule has 5 N–H and O–H groups in total. The number of allylic oxidation sites excluding steroid dienone is 1. The highest BCUT2D eigenvalue weighted by Gasteiger charge is 2.51. The first-order valence-electron chi connectivity index (χ1n) is 7.11. The smallest absolute Gasteiger partial charge is 0.352 e. The van der Waals surface area contributed by atoms with Crippen LogP contribution >= 0.6 is 34.9 Å². The molecular formula is C14H14N4O4S3. The van der Waals surface area contributed by atoms with Crippen molar-refractivity contribution in [3.63, 3.8) is 0 Å². The van der Waals surface area contributed by atoms with E-state index in [0.29, 0.717) is 21.4 Å². The van der Waals surface area contributed by atoms with Gasteiger partial charge in [-0.3, -0.25) is 14.5 Å². The predicted octanol–water partition coefficient (Wildman–Crippen LogP) is 0.358. The normalized spacial score (nSPS) is 22.9. The number of rotatable bonds is 6. The second kappa shape index (κ2) is 7.20. The maximum atomic E-state index is 11.9. The van der Waals surface area contributed by atoms with Gasteiger partial charge in [-0.05, 0) is 17.1 Å². The minimum absolute atomic E-state index is 0.0131. The van der Waals surface area contributed by atoms with Crippen LogP contribution in [0.3, 0.4) is 0 Å². The number of nitrogens with two attached hydrogens (primary N) is 2. The zero-order valence-electron chi connectivity index (χ0n) is 12.7. The summed E-state index contributed by atoms with van der Waals surface area (Å²) in [5.41, 5.74) is 12.0. The van der Waals surface area contributed by atoms with Crippen molar-refractivity contribution >= 4 is 52.6 Å². The third-order valence-corrected chi connectivity index (χ3v) is 6.71. The number of carboxylic acids is 1. The topological polar surface area (TPSA) is 140 Å². The summed E-state index contributed by atoms with van der Waals surface area (Å²) in [6, 6.07) is -0.641. The lowest BCUT2D eigenvalue weighted by molar-refractivity contribution is -0.147. The third-order valence-electron chi connectivity index (χ3n) is 3.57. The van der Waals surface area contributed by atoms with Crippen molar-refractivity contribution in [2.75, 3.05) is 5.75 Å². The number of fused-ring (bicyclic) bond motifs is 1. The molecular weight excluding hydrogens is 384 g/mol. The van der Waals surface area contributed by atoms with E-state index in [1.165, 1.54) is 39.8 Å². The van der Waals surface area contributed by atoms with Gasteiger partial charge in [0, 0.05) is 11.1 Å². The maximum Gasteiger partial charge on any atom is 0.352 e. The highest BCUT2D eigenvalue weighted by Crippen LogP contribution is 2.40. The molecule has 1 aromatic heterocycles. The highest BCUT2D eigenvalue weighted by molar-refractivity contribution is 8.03. The average molecular weight is 398 g/mol. The average Bonchev–Trinajstić information content (AvgIpc) is 2.99. The molecule has 2 aliphatic heterocycles. The molecule has 2 aliphatic rings. The minimum atomic E-state index is -1.15. The van der Waals surface area contributed by atoms with Crippen LogP contribution in [0.1, 0.15) is 5.69 Å². The van der Waals surface area contributed by atoms with Gasteiger partial charge in [0.25, 0.3) is 0 Å². The molecule has 25 heavy (non-hydrogen) atoms. The summed E-state index contributed by atoms with van der Waals surface area (Å²) in [7, 11) is 0. The van der Waals surface area contributed by atoms with E-state index in [2.05, 4.69) is 4.98 Å². The van der Waals surface area contributed by atoms with E-state index in [-0.39, 0.29) is 23.4 Å². The fourth-order valence-electron chi connectivity index (χ4n) is 2.44. The Morgan fingerprint density at radius 3 is 2.96 bits per heavy atom. The molecule has 132 valence electrons. The first-order valence-corrected chi connectivity index (χ1v) is 9.92. The Bertz CT molecular complexity index is 804. The Morgan fingerprint density at radius 2 is 2.28 bits per heavy atom. The number of hydrogen-bond acceptors (Lipinski definition) is 8. The van der Waals surface area contributed by atoms with Crippen LogP contribution in [-0.4, -0.2) is 49.9 Å². The molecule has 0 bridgehead atoms. The standard InChI is InChI=1S/C14H14N4O4S3/c15-8(19)3-7-5-25-14(17-7)23-2-1-6-4-24-12-9(16)11(20)18(12)10(6)13(21)22/h1-2,5,9,12H,3-4,16H2,(H2,15,19)(H,21,22)/t9-,12-/m1/s1. The predicted molar refractivity (Wildman–Crippen MR) is 95.7 cm³/mol. The maximum absolute atomic E-state index is 11.9. The molecule has 2 atom stereocenters. The van der Waals surface area contributed by atoms with Crippen molar-refractivity contribution in [2.45, 2.75) is 22.2 Å². The second-order valence-electron chi connectivity index (χ2n) is 5.28. The van der Waals surface area contributed by atoms with Gasteiger partial charge in [0.15, 0.2) is 4.34 Å². The fourth-order valence-corrected chi connectivity index (χ4v) is 5.30. The Morgan fingerprint density at radius 1 is 1.52 bits per heavy atom. The zero-order chi connectivity index (χ0) is 18.1. The van der Waals surface area contributed by atoms with Gasteiger partial charge < -0.3 is 16.6 Å². The molecule has 0 aliphatic carbocycles. The number of amides is 2. The number of aromatic nitrogens is 1. The van der Waals surface area contributed by atoms with Crippen molar-refractivity contribution in [1.29, 1.82) is 0 Å². The quantitative estimate of drug-likeness (QED) is 0.461. The molecule has 8 nitrogen and oxygen atoms in total. The summed E-state index contributed by atoms with van der Waals surface area (Å²) < 4.78 is 0.716. The van der Waals surface area contributed by atoms with Gasteiger partial charge in [-0.2, -0.15) is 0 Å². The number of thiazole rings is 1. The van der Waals surface area contributed by atoms with E-state index in [9.17, 15) is 19.5 Å². The second-order valence-corrected chi connectivity index (χ2v) is 8.40. The lowest BCUT2D eigenvalue weighted by Gasteiger charge is -2.47. The van der Waals surface area contributed by atoms with Crippen LogP contribution in [0.2, 0.25) is 0 Å². The van der Waals surface area contributed by atoms with E-state index in [0.717, 1.165) is 0 Å². The molecule has 1 fully saturated rings. The summed E-state index contributed by atoms with van der Waals surface area (Å²) in [5.74, 6) is -1.50. The van der Waals surface area contributed by atoms with Crippen molar-refractivity contribution < 1.29 is 19.5 Å². The van der Waals surface area contributed by atoms with Gasteiger partial charge in [-0.25, -0.2) is 9.78 Å². The van der Waals surface area contributed by atoms with Crippen LogP contribution in [0, 0.1) is 0 Å². The van der Waals surface area contributed by atoms with E-state index < -0.39 is 17.9 Å². The number of nitrogens with zero attached hydrogens (tertiary/aromatic N) is 2. The molecule has 0 radical (unpaired) electrons. The summed E-state index contributed by atoms with van der Waals surface area (Å²) in [5, 5.41) is 12.6. The molecule has 1 aromatic rings. The minimum Gasteiger partial charge on any atom is -0.477 e. The molecule has 3 heterocycles. The summed E-state index contributed by atoms with van der Waals surface area (Å²) in [4.78, 5) is 39.8. The summed E-state index contributed by atoms with van der Waals surface area (Å²) in [6.07, 6.45) is 1.76. The largest absolute Gasteiger partial charge is 0.477 e. The van der Waals surface area contributed by atoms with E-state index >= 15 is 0 Å². The lowest BCUT2D eigenvalue weighted by atomic mass is 10.0. The molecule has 2 amide bonds. The molecule has 0 aromatic carbocycles. The Kier molecular flexibility index (Phi) is 5.18. The van der Waals surface area contributed by atoms with E-state index in [1.54, 1.807) is 16.9 Å². The van der Waals surface area contributed by atoms with Gasteiger partial charge in [0.2, 0.25) is 11.8 Å². The Labute approximate surface area is 155 Å². The van der Waals surface area contributed by atoms with Crippen molar-refractivity contribution in [3.05, 3.63) is 33.8 Å². The first-order chi connectivity index (χ1) is 11.9. The fraction of sp³-hybridized carbons (Fsp3) is 0.286. The molecule has 0 unspecified atom stereocenters. The monoisotopic (exact) mass is 398 g/mol. The van der Waals surface area contributed by atoms with Gasteiger partial charge in [0.05, 0.1) is 12.1 Å². The number of aliphatic carboxylic acids is 1. The Balaban J connectivity index is 1.73. The van der Waals surface area contributed by atoms with Crippen molar-refractivity contribution in [3.8, 4) is 0 Å². The Hall–Kier alpha value is -1.82. The van der Waals surface area contributed by atoms with Crippen LogP contribution < -0.4 is 11.5 Å². The van der Waals surface area contributed by atoms with Crippen LogP contribution in [0.25, 0.3) is 0 Å². The molecule has 1 saturated heterocycles. The number of primary amides is 1. The molecule has 0 saturated carbocycles. The first kappa shape index (κ1) is 18.0. The summed E-state index contributed by atoms with van der Waals surface area (Å²) >= 11 is 4.12. The molecule has 0 spiro atoms. The van der Waals surface area contributed by atoms with Crippen molar-refractivity contribution in [2.24, 2.45) is 11.5 Å². The SMILES string of the molecule is NC(=O)Cc1csc(SC=CC2=C(C(=O)O)N3C(=O)[C@@H](N)[C@H]3SC2)n1. The van der Waals surface area contributed by atoms with Crippen LogP contribution in [0.5, 0.6) is 0 Å². The number of carbonyl (C=O) groups is 3. The van der Waals surface area contributed by atoms with Crippen LogP contribution in [0.15, 0.2) is 32.5 Å². The number of thioether (sulfide) groups is 2. The molecule has 11 heteroatoms. The van der Waals surface area contributed by atoms with E-state index in [1.807, 2.05) is 0 Å². The van der Waals surface area contributed by atoms with Gasteiger partial charge >= 0.3 is 5.97 Å². The number of hydrogen-bond donors (Lipinski definition) is 3. The molecule has 3 rings (SSSR count). The van der Waals surface area contributed by atoms with Crippen LogP contribution in [-0.2, 0) is 20.8 Å². The van der Waals surface area contributed by atoms with Gasteiger partial charge in [-0.1, -0.05) is 11.8 Å². The lowest BCUT2D eigenvalue weighted by Crippen LogP contribution is -2.68. The third kappa shape index (κ3) is 3.59. The number of carbonyl (C=O) groups excluding carboxylic acids is 2. The van der Waals surface area contributed by atoms with Gasteiger partial charge in [-0.15, -0.1) is 23.1 Å². The van der Waals surface area contributed by atoms with Gasteiger partial charge in [0.1, 0.15) is 17.1 Å². The van der Waals surface area contributed by atoms with Crippen molar-refractivity contribution in [1.82, 2.24) is 9.88 Å². The number of β-lactam (4-membered cyclic amide) rings is 1. The highest BCUT2D eigenvalue weighted by atomic mass is 32.2. The zero-order valence-corrected chi connectivity index (χ0v) is 15.2.